The van der Waals surface area contributed by atoms with Crippen molar-refractivity contribution < 1.29 is 37.8 Å². The van der Waals surface area contributed by atoms with Gasteiger partial charge in [0.2, 0.25) is 16.6 Å². The molecule has 0 saturated carbocycles. The average molecular weight is 744 g/mol. The van der Waals surface area contributed by atoms with Gasteiger partial charge in [-0.2, -0.15) is 0 Å². The van der Waals surface area contributed by atoms with E-state index in [1.807, 2.05) is 70.2 Å². The van der Waals surface area contributed by atoms with Crippen LogP contribution in [0.15, 0.2) is 47.1 Å². The van der Waals surface area contributed by atoms with E-state index >= 15 is 0 Å². The number of ether oxygens (including phenoxy) is 2. The maximum Gasteiger partial charge on any atom is 0.410 e. The molecule has 51 heavy (non-hydrogen) atoms. The second-order valence-electron chi connectivity index (χ2n) is 17.6. The molecule has 0 unspecified atom stereocenters. The normalized spacial score (nSPS) is 14.1. The Balaban J connectivity index is 1.90. The number of aromatic nitrogens is 2. The molecule has 1 aromatic heterocycles. The molecule has 0 fully saturated rings. The van der Waals surface area contributed by atoms with Crippen LogP contribution in [0.25, 0.3) is 0 Å². The van der Waals surface area contributed by atoms with E-state index in [2.05, 4.69) is 77.5 Å². The molecule has 0 aliphatic rings. The van der Waals surface area contributed by atoms with Crippen molar-refractivity contribution in [3.8, 4) is 17.2 Å². The van der Waals surface area contributed by atoms with Crippen LogP contribution in [0.3, 0.4) is 0 Å². The molecule has 1 amide bonds. The number of rotatable bonds is 13. The first kappa shape index (κ1) is 41.9. The van der Waals surface area contributed by atoms with Crippen LogP contribution in [0.5, 0.6) is 17.2 Å². The fourth-order valence-electron chi connectivity index (χ4n) is 4.62. The lowest BCUT2D eigenvalue weighted by molar-refractivity contribution is -0.806. The van der Waals surface area contributed by atoms with E-state index in [9.17, 15) is 15.1 Å². The van der Waals surface area contributed by atoms with Crippen molar-refractivity contribution in [2.24, 2.45) is 0 Å². The van der Waals surface area contributed by atoms with Crippen molar-refractivity contribution in [1.29, 1.82) is 0 Å². The molecule has 1 heterocycles. The number of nitrogens with zero attached hydrogens (tertiary/aromatic N) is 3. The molecule has 0 spiro atoms. The molecular weight excluding hydrogens is 683 g/mol. The van der Waals surface area contributed by atoms with Gasteiger partial charge in [0.15, 0.2) is 12.3 Å². The Hall–Kier alpha value is -3.56. The first-order valence-corrected chi connectivity index (χ1v) is 23.5. The van der Waals surface area contributed by atoms with Crippen LogP contribution in [0.1, 0.15) is 97.9 Å². The van der Waals surface area contributed by atoms with Crippen LogP contribution in [0, 0.1) is 12.1 Å². The van der Waals surface area contributed by atoms with Crippen LogP contribution in [-0.4, -0.2) is 56.1 Å². The average Bonchev–Trinajstić information content (AvgIpc) is 3.29. The van der Waals surface area contributed by atoms with E-state index in [1.54, 1.807) is 11.8 Å². The summed E-state index contributed by atoms with van der Waals surface area (Å²) in [4.78, 5) is 15.6. The highest BCUT2D eigenvalue weighted by molar-refractivity contribution is 6.75. The summed E-state index contributed by atoms with van der Waals surface area (Å²) in [5.41, 5.74) is 1.60. The molecule has 2 aromatic carbocycles. The van der Waals surface area contributed by atoms with Gasteiger partial charge in [-0.1, -0.05) is 53.7 Å². The van der Waals surface area contributed by atoms with Gasteiger partial charge in [-0.3, -0.25) is 4.63 Å². The highest BCUT2D eigenvalue weighted by Crippen LogP contribution is 2.41. The van der Waals surface area contributed by atoms with Gasteiger partial charge < -0.3 is 33.5 Å². The molecule has 284 valence electrons. The molecule has 0 radical (unpaired) electrons. The van der Waals surface area contributed by atoms with E-state index in [-0.39, 0.29) is 29.3 Å². The van der Waals surface area contributed by atoms with Gasteiger partial charge in [0.25, 0.3) is 5.69 Å². The lowest BCUT2D eigenvalue weighted by Gasteiger charge is -2.38. The summed E-state index contributed by atoms with van der Waals surface area (Å²) in [6.45, 7) is 31.0. The Kier molecular flexibility index (Phi) is 12.8. The van der Waals surface area contributed by atoms with E-state index < -0.39 is 34.4 Å². The Morgan fingerprint density at radius 2 is 1.41 bits per heavy atom. The van der Waals surface area contributed by atoms with E-state index in [1.165, 1.54) is 0 Å². The van der Waals surface area contributed by atoms with Crippen LogP contribution in [0.2, 0.25) is 36.3 Å². The summed E-state index contributed by atoms with van der Waals surface area (Å²) in [6, 6.07) is 12.8. The van der Waals surface area contributed by atoms with Crippen molar-refractivity contribution >= 4 is 22.7 Å². The molecule has 0 bridgehead atoms. The number of carbonyl (C=O) groups excluding carboxylic acids is 1. The fraction of sp³-hybridized carbons (Fsp3) is 0.605. The zero-order valence-electron chi connectivity index (χ0n) is 33.5. The van der Waals surface area contributed by atoms with Crippen LogP contribution < -0.4 is 18.5 Å². The van der Waals surface area contributed by atoms with Gasteiger partial charge in [0.05, 0.1) is 12.6 Å². The maximum atomic E-state index is 13.7. The van der Waals surface area contributed by atoms with Crippen molar-refractivity contribution in [2.45, 2.75) is 143 Å². The minimum absolute atomic E-state index is 0.00286. The lowest BCUT2D eigenvalue weighted by Crippen LogP contribution is -2.45. The first-order valence-electron chi connectivity index (χ1n) is 17.7. The van der Waals surface area contributed by atoms with E-state index in [0.717, 1.165) is 5.56 Å². The lowest BCUT2D eigenvalue weighted by atomic mass is 10.0. The van der Waals surface area contributed by atoms with Crippen molar-refractivity contribution in [3.05, 3.63) is 70.2 Å². The second-order valence-corrected chi connectivity index (χ2v) is 27.0. The molecule has 3 rings (SSSR count). The molecule has 2 atom stereocenters. The van der Waals surface area contributed by atoms with Crippen LogP contribution in [-0.2, 0) is 17.8 Å². The minimum Gasteiger partial charge on any atom is -0.543 e. The molecule has 3 aromatic rings. The molecule has 0 saturated heterocycles. The number of carbonyl (C=O) groups is 1. The topological polar surface area (TPSA) is 130 Å². The molecular formula is C38H61N3O8Si2. The first-order chi connectivity index (χ1) is 23.2. The number of hydrogen-bond acceptors (Lipinski definition) is 9. The second kappa shape index (κ2) is 15.6. The SMILES string of the molecule is Cc1c(COc2ccc(C[C@H](C)N(C[C@H](O)c3cc(O[Si](C)(C)C(C)(C)C)cc(O[Si](C)(C)C(C)(C)C)c3)C(=O)OC(C)(C)C)cc2)no[n+]1[O-]. The van der Waals surface area contributed by atoms with Crippen LogP contribution in [0.4, 0.5) is 4.79 Å². The Morgan fingerprint density at radius 3 is 1.84 bits per heavy atom. The predicted molar refractivity (Wildman–Crippen MR) is 204 cm³/mol. The maximum absolute atomic E-state index is 13.7. The Labute approximate surface area is 307 Å². The van der Waals surface area contributed by atoms with Crippen molar-refractivity contribution in [3.63, 3.8) is 0 Å². The van der Waals surface area contributed by atoms with Gasteiger partial charge in [0.1, 0.15) is 22.8 Å². The summed E-state index contributed by atoms with van der Waals surface area (Å²) < 4.78 is 29.7. The highest BCUT2D eigenvalue weighted by atomic mass is 28.4. The summed E-state index contributed by atoms with van der Waals surface area (Å²) in [7, 11) is -4.46. The highest BCUT2D eigenvalue weighted by Gasteiger charge is 2.41. The Bertz CT molecular complexity index is 1570. The molecule has 13 heteroatoms. The molecule has 0 aliphatic carbocycles. The Morgan fingerprint density at radius 1 is 0.902 bits per heavy atom. The minimum atomic E-state index is -2.23. The third kappa shape index (κ3) is 11.5. The number of aliphatic hydroxyl groups excluding tert-OH is 1. The zero-order chi connectivity index (χ0) is 38.7. The number of hydrogen-bond donors (Lipinski definition) is 1. The molecule has 11 nitrogen and oxygen atoms in total. The zero-order valence-corrected chi connectivity index (χ0v) is 35.5. The van der Waals surface area contributed by atoms with Gasteiger partial charge in [0, 0.05) is 24.2 Å². The fourth-order valence-corrected chi connectivity index (χ4v) is 6.65. The largest absolute Gasteiger partial charge is 0.543 e. The van der Waals surface area contributed by atoms with Crippen molar-refractivity contribution in [1.82, 2.24) is 10.1 Å². The van der Waals surface area contributed by atoms with Gasteiger partial charge in [-0.05, 0) is 111 Å². The standard InChI is InChI=1S/C38H61N3O8Si2/c1-26(20-28-16-18-30(19-17-28)45-25-33-27(2)41(44)49-39-33)40(35(43)46-36(3,4)5)24-34(42)29-21-31(47-50(12,13)37(6,7)8)23-32(22-29)48-51(14,15)38(9,10)11/h16-19,21-23,26,34,42H,20,24-25H2,1-15H3/t26-,34-/m0/s1. The number of amides is 1. The van der Waals surface area contributed by atoms with Gasteiger partial charge >= 0.3 is 6.09 Å². The summed E-state index contributed by atoms with van der Waals surface area (Å²) in [5.74, 6) is 1.90. The third-order valence-corrected chi connectivity index (χ3v) is 18.6. The van der Waals surface area contributed by atoms with Crippen molar-refractivity contribution in [2.75, 3.05) is 6.54 Å². The molecule has 0 aliphatic heterocycles. The predicted octanol–water partition coefficient (Wildman–Crippen LogP) is 8.87. The van der Waals surface area contributed by atoms with Crippen LogP contribution >= 0.6 is 0 Å². The monoisotopic (exact) mass is 743 g/mol. The summed E-state index contributed by atoms with van der Waals surface area (Å²) in [5, 5.41) is 27.0. The van der Waals surface area contributed by atoms with Gasteiger partial charge in [-0.25, -0.2) is 4.79 Å². The number of aliphatic hydroxyl groups is 1. The van der Waals surface area contributed by atoms with E-state index in [4.69, 9.17) is 18.3 Å². The smallest absolute Gasteiger partial charge is 0.410 e. The number of benzene rings is 2. The van der Waals surface area contributed by atoms with Gasteiger partial charge in [-0.15, -0.1) is 0 Å². The van der Waals surface area contributed by atoms with E-state index in [0.29, 0.717) is 45.5 Å². The quantitative estimate of drug-likeness (QED) is 0.135. The third-order valence-electron chi connectivity index (χ3n) is 9.92. The summed E-state index contributed by atoms with van der Waals surface area (Å²) >= 11 is 0. The molecule has 1 N–H and O–H groups in total. The summed E-state index contributed by atoms with van der Waals surface area (Å²) in [6.07, 6.45) is -1.06.